The highest BCUT2D eigenvalue weighted by molar-refractivity contribution is 7.10. The van der Waals surface area contributed by atoms with Crippen LogP contribution in [0.4, 0.5) is 0 Å². The molecule has 2 aromatic rings. The third kappa shape index (κ3) is 3.97. The number of hydrogen-bond donors (Lipinski definition) is 0. The Hall–Kier alpha value is -2.05. The Kier molecular flexibility index (Phi) is 4.77. The van der Waals surface area contributed by atoms with E-state index in [0.29, 0.717) is 12.2 Å². The number of rotatable bonds is 4. The van der Waals surface area contributed by atoms with Crippen molar-refractivity contribution in [2.24, 2.45) is 0 Å². The Morgan fingerprint density at radius 1 is 1.26 bits per heavy atom. The molecule has 2 rings (SSSR count). The SMILES string of the molecule is CCCOc1ccc(C(=O)C#Cc2cccs2)cc1. The van der Waals surface area contributed by atoms with E-state index in [1.54, 1.807) is 24.3 Å². The molecule has 1 aromatic heterocycles. The second-order valence-electron chi connectivity index (χ2n) is 3.93. The van der Waals surface area contributed by atoms with Crippen LogP contribution in [0.1, 0.15) is 28.6 Å². The van der Waals surface area contributed by atoms with Crippen LogP contribution in [0.5, 0.6) is 5.75 Å². The predicted octanol–water partition coefficient (Wildman–Crippen LogP) is 3.77. The van der Waals surface area contributed by atoms with Crippen LogP contribution >= 0.6 is 11.3 Å². The molecule has 0 saturated heterocycles. The summed E-state index contributed by atoms with van der Waals surface area (Å²) in [7, 11) is 0. The number of ether oxygens (including phenoxy) is 1. The number of Topliss-reactive ketones (excluding diaryl/α,β-unsaturated/α-hetero) is 1. The van der Waals surface area contributed by atoms with E-state index in [4.69, 9.17) is 4.74 Å². The minimum absolute atomic E-state index is 0.171. The van der Waals surface area contributed by atoms with E-state index < -0.39 is 0 Å². The smallest absolute Gasteiger partial charge is 0.236 e. The van der Waals surface area contributed by atoms with E-state index in [1.165, 1.54) is 11.3 Å². The summed E-state index contributed by atoms with van der Waals surface area (Å²) in [6.07, 6.45) is 0.965. The van der Waals surface area contributed by atoms with Gasteiger partial charge >= 0.3 is 0 Å². The van der Waals surface area contributed by atoms with E-state index in [0.717, 1.165) is 17.0 Å². The molecule has 96 valence electrons. The Balaban J connectivity index is 2.03. The van der Waals surface area contributed by atoms with Crippen molar-refractivity contribution < 1.29 is 9.53 Å². The normalized spacial score (nSPS) is 9.53. The molecule has 2 nitrogen and oxygen atoms in total. The molecular formula is C16H14O2S. The molecule has 0 radical (unpaired) electrons. The summed E-state index contributed by atoms with van der Waals surface area (Å²) >= 11 is 1.53. The summed E-state index contributed by atoms with van der Waals surface area (Å²) in [5, 5.41) is 1.94. The minimum atomic E-state index is -0.171. The van der Waals surface area contributed by atoms with E-state index in [1.807, 2.05) is 17.5 Å². The standard InChI is InChI=1S/C16H14O2S/c1-2-11-18-14-7-5-13(6-8-14)16(17)10-9-15-4-3-12-19-15/h3-8,12H,2,11H2,1H3. The first-order chi connectivity index (χ1) is 9.29. The Morgan fingerprint density at radius 2 is 2.05 bits per heavy atom. The molecule has 0 aliphatic rings. The lowest BCUT2D eigenvalue weighted by Crippen LogP contribution is -1.97. The van der Waals surface area contributed by atoms with Crippen LogP contribution < -0.4 is 4.74 Å². The zero-order valence-electron chi connectivity index (χ0n) is 10.7. The molecule has 1 heterocycles. The average molecular weight is 270 g/mol. The minimum Gasteiger partial charge on any atom is -0.494 e. The molecule has 0 aliphatic heterocycles. The van der Waals surface area contributed by atoms with E-state index in [2.05, 4.69) is 18.8 Å². The number of thiophene rings is 1. The number of carbonyl (C=O) groups is 1. The van der Waals surface area contributed by atoms with Crippen molar-refractivity contribution in [1.29, 1.82) is 0 Å². The van der Waals surface area contributed by atoms with Crippen LogP contribution in [0.3, 0.4) is 0 Å². The summed E-state index contributed by atoms with van der Waals surface area (Å²) < 4.78 is 5.46. The maximum absolute atomic E-state index is 11.9. The van der Waals surface area contributed by atoms with Crippen molar-refractivity contribution in [1.82, 2.24) is 0 Å². The molecule has 0 amide bonds. The van der Waals surface area contributed by atoms with Gasteiger partial charge in [0.2, 0.25) is 5.78 Å². The third-order valence-electron chi connectivity index (χ3n) is 2.41. The lowest BCUT2D eigenvalue weighted by atomic mass is 10.1. The summed E-state index contributed by atoms with van der Waals surface area (Å²) in [5.74, 6) is 6.12. The fourth-order valence-electron chi connectivity index (χ4n) is 1.46. The monoisotopic (exact) mass is 270 g/mol. The Labute approximate surface area is 117 Å². The molecule has 0 atom stereocenters. The zero-order valence-corrected chi connectivity index (χ0v) is 11.5. The van der Waals surface area contributed by atoms with Crippen LogP contribution in [0.2, 0.25) is 0 Å². The highest BCUT2D eigenvalue weighted by Gasteiger charge is 2.02. The lowest BCUT2D eigenvalue weighted by molar-refractivity contribution is 0.105. The number of ketones is 1. The van der Waals surface area contributed by atoms with Gasteiger partial charge in [-0.3, -0.25) is 4.79 Å². The first-order valence-electron chi connectivity index (χ1n) is 6.12. The number of hydrogen-bond acceptors (Lipinski definition) is 3. The Morgan fingerprint density at radius 3 is 2.68 bits per heavy atom. The molecule has 0 spiro atoms. The second-order valence-corrected chi connectivity index (χ2v) is 4.88. The maximum Gasteiger partial charge on any atom is 0.236 e. The Bertz CT molecular complexity index is 586. The highest BCUT2D eigenvalue weighted by atomic mass is 32.1. The van der Waals surface area contributed by atoms with Crippen molar-refractivity contribution in [3.63, 3.8) is 0 Å². The van der Waals surface area contributed by atoms with Gasteiger partial charge in [0, 0.05) is 5.56 Å². The molecule has 0 N–H and O–H groups in total. The van der Waals surface area contributed by atoms with Gasteiger partial charge in [-0.05, 0) is 54.0 Å². The van der Waals surface area contributed by atoms with Gasteiger partial charge in [0.15, 0.2) is 0 Å². The molecule has 0 bridgehead atoms. The molecule has 19 heavy (non-hydrogen) atoms. The van der Waals surface area contributed by atoms with E-state index in [-0.39, 0.29) is 5.78 Å². The maximum atomic E-state index is 11.9. The topological polar surface area (TPSA) is 26.3 Å². The summed E-state index contributed by atoms with van der Waals surface area (Å²) in [5.41, 5.74) is 0.591. The van der Waals surface area contributed by atoms with Gasteiger partial charge < -0.3 is 4.74 Å². The molecular weight excluding hydrogens is 256 g/mol. The van der Waals surface area contributed by atoms with Crippen molar-refractivity contribution >= 4 is 17.1 Å². The van der Waals surface area contributed by atoms with Crippen LogP contribution in [0, 0.1) is 11.8 Å². The fourth-order valence-corrected chi connectivity index (χ4v) is 2.03. The second kappa shape index (κ2) is 6.77. The van der Waals surface area contributed by atoms with Crippen molar-refractivity contribution in [2.75, 3.05) is 6.61 Å². The molecule has 0 saturated carbocycles. The van der Waals surface area contributed by atoms with Gasteiger partial charge in [-0.15, -0.1) is 11.3 Å². The molecule has 0 aliphatic carbocycles. The molecule has 3 heteroatoms. The van der Waals surface area contributed by atoms with Crippen molar-refractivity contribution in [3.8, 4) is 17.6 Å². The summed E-state index contributed by atoms with van der Waals surface area (Å²) in [6.45, 7) is 2.74. The quantitative estimate of drug-likeness (QED) is 0.624. The van der Waals surface area contributed by atoms with Crippen LogP contribution in [-0.4, -0.2) is 12.4 Å². The van der Waals surface area contributed by atoms with Gasteiger partial charge in [-0.2, -0.15) is 0 Å². The molecule has 0 fully saturated rings. The molecule has 0 unspecified atom stereocenters. The van der Waals surface area contributed by atoms with Gasteiger partial charge in [-0.1, -0.05) is 13.0 Å². The van der Waals surface area contributed by atoms with Crippen LogP contribution in [-0.2, 0) is 0 Å². The largest absolute Gasteiger partial charge is 0.494 e. The number of carbonyl (C=O) groups excluding carboxylic acids is 1. The fraction of sp³-hybridized carbons (Fsp3) is 0.188. The highest BCUT2D eigenvalue weighted by Crippen LogP contribution is 2.13. The predicted molar refractivity (Wildman–Crippen MR) is 77.8 cm³/mol. The van der Waals surface area contributed by atoms with Gasteiger partial charge in [0.1, 0.15) is 5.75 Å². The van der Waals surface area contributed by atoms with Gasteiger partial charge in [-0.25, -0.2) is 0 Å². The summed E-state index contributed by atoms with van der Waals surface area (Å²) in [6, 6.07) is 10.9. The third-order valence-corrected chi connectivity index (χ3v) is 3.20. The zero-order chi connectivity index (χ0) is 13.5. The van der Waals surface area contributed by atoms with Gasteiger partial charge in [0.05, 0.1) is 11.5 Å². The average Bonchev–Trinajstić information content (AvgIpc) is 2.96. The molecule has 1 aromatic carbocycles. The van der Waals surface area contributed by atoms with Gasteiger partial charge in [0.25, 0.3) is 0 Å². The van der Waals surface area contributed by atoms with Crippen LogP contribution in [0.25, 0.3) is 0 Å². The van der Waals surface area contributed by atoms with E-state index in [9.17, 15) is 4.79 Å². The first-order valence-corrected chi connectivity index (χ1v) is 7.00. The first kappa shape index (κ1) is 13.4. The van der Waals surface area contributed by atoms with Crippen LogP contribution in [0.15, 0.2) is 41.8 Å². The lowest BCUT2D eigenvalue weighted by Gasteiger charge is -2.03. The summed E-state index contributed by atoms with van der Waals surface area (Å²) in [4.78, 5) is 12.8. The van der Waals surface area contributed by atoms with E-state index >= 15 is 0 Å². The van der Waals surface area contributed by atoms with Crippen molar-refractivity contribution in [3.05, 3.63) is 52.2 Å². The van der Waals surface area contributed by atoms with Crippen molar-refractivity contribution in [2.45, 2.75) is 13.3 Å². The number of benzene rings is 1.